The number of halogens is 1. The number of hydrogen-bond donors (Lipinski definition) is 2. The molecule has 4 aromatic rings. The van der Waals surface area contributed by atoms with E-state index < -0.39 is 11.7 Å². The average molecular weight is 448 g/mol. The molecule has 7 nitrogen and oxygen atoms in total. The number of carbonyl (C=O) groups excluding carboxylic acids is 2. The molecule has 2 N–H and O–H groups in total. The van der Waals surface area contributed by atoms with Crippen molar-refractivity contribution in [1.29, 1.82) is 0 Å². The second-order valence-corrected chi connectivity index (χ2v) is 7.27. The fraction of sp³-hybridized carbons (Fsp3) is 0.120. The Labute approximate surface area is 189 Å². The SMILES string of the molecule is COc1ccc(C(=O)Nc2ccc3oc(C(=O)Nc4cccc(F)c4)c(OC)c3c2)c(C)c1. The summed E-state index contributed by atoms with van der Waals surface area (Å²) in [5.41, 5.74) is 2.45. The first-order chi connectivity index (χ1) is 15.9. The lowest BCUT2D eigenvalue weighted by Gasteiger charge is -2.09. The Kier molecular flexibility index (Phi) is 5.99. The van der Waals surface area contributed by atoms with Crippen LogP contribution in [-0.2, 0) is 0 Å². The molecule has 3 aromatic carbocycles. The number of rotatable bonds is 6. The fourth-order valence-corrected chi connectivity index (χ4v) is 3.48. The molecule has 0 aliphatic heterocycles. The lowest BCUT2D eigenvalue weighted by atomic mass is 10.1. The zero-order chi connectivity index (χ0) is 23.5. The van der Waals surface area contributed by atoms with E-state index in [0.29, 0.717) is 28.0 Å². The molecule has 0 saturated carbocycles. The smallest absolute Gasteiger partial charge is 0.295 e. The van der Waals surface area contributed by atoms with Crippen molar-refractivity contribution in [3.8, 4) is 11.5 Å². The second-order valence-electron chi connectivity index (χ2n) is 7.27. The number of anilines is 2. The van der Waals surface area contributed by atoms with Gasteiger partial charge >= 0.3 is 0 Å². The van der Waals surface area contributed by atoms with Crippen molar-refractivity contribution in [2.75, 3.05) is 24.9 Å². The van der Waals surface area contributed by atoms with E-state index in [0.717, 1.165) is 5.56 Å². The van der Waals surface area contributed by atoms with Crippen molar-refractivity contribution >= 4 is 34.2 Å². The van der Waals surface area contributed by atoms with E-state index in [1.54, 1.807) is 49.6 Å². The standard InChI is InChI=1S/C25H21FN2O5/c1-14-11-18(31-2)8-9-19(14)24(29)27-17-7-10-21-20(13-17)22(32-3)23(33-21)25(30)28-16-6-4-5-15(26)12-16/h4-13H,1-3H3,(H,27,29)(H,28,30). The highest BCUT2D eigenvalue weighted by molar-refractivity contribution is 6.10. The maximum absolute atomic E-state index is 13.4. The van der Waals surface area contributed by atoms with Crippen LogP contribution in [0.3, 0.4) is 0 Å². The highest BCUT2D eigenvalue weighted by Crippen LogP contribution is 2.35. The molecule has 4 rings (SSSR count). The van der Waals surface area contributed by atoms with Gasteiger partial charge in [0.1, 0.15) is 17.1 Å². The van der Waals surface area contributed by atoms with Crippen LogP contribution >= 0.6 is 0 Å². The van der Waals surface area contributed by atoms with Crippen LogP contribution in [0.5, 0.6) is 11.5 Å². The Morgan fingerprint density at radius 2 is 1.64 bits per heavy atom. The van der Waals surface area contributed by atoms with Gasteiger partial charge in [0.15, 0.2) is 5.75 Å². The van der Waals surface area contributed by atoms with Crippen LogP contribution < -0.4 is 20.1 Å². The van der Waals surface area contributed by atoms with Gasteiger partial charge in [-0.3, -0.25) is 9.59 Å². The number of nitrogens with one attached hydrogen (secondary N) is 2. The van der Waals surface area contributed by atoms with E-state index in [1.165, 1.54) is 25.3 Å². The van der Waals surface area contributed by atoms with Gasteiger partial charge in [0.05, 0.1) is 19.6 Å². The van der Waals surface area contributed by atoms with Crippen molar-refractivity contribution in [3.05, 3.63) is 83.4 Å². The first-order valence-corrected chi connectivity index (χ1v) is 10.0. The molecule has 0 atom stereocenters. The summed E-state index contributed by atoms with van der Waals surface area (Å²) in [6, 6.07) is 15.7. The molecular weight excluding hydrogens is 427 g/mol. The van der Waals surface area contributed by atoms with Gasteiger partial charge in [-0.15, -0.1) is 0 Å². The summed E-state index contributed by atoms with van der Waals surface area (Å²) in [5, 5.41) is 5.94. The van der Waals surface area contributed by atoms with Crippen molar-refractivity contribution in [3.63, 3.8) is 0 Å². The molecule has 0 saturated heterocycles. The quantitative estimate of drug-likeness (QED) is 0.412. The summed E-state index contributed by atoms with van der Waals surface area (Å²) in [4.78, 5) is 25.5. The molecule has 168 valence electrons. The number of ether oxygens (including phenoxy) is 2. The molecule has 8 heteroatoms. The van der Waals surface area contributed by atoms with Gasteiger partial charge in [-0.05, 0) is 67.1 Å². The van der Waals surface area contributed by atoms with Crippen molar-refractivity contribution in [1.82, 2.24) is 0 Å². The topological polar surface area (TPSA) is 89.8 Å². The molecule has 0 aliphatic carbocycles. The number of methoxy groups -OCH3 is 2. The predicted molar refractivity (Wildman–Crippen MR) is 123 cm³/mol. The molecule has 0 unspecified atom stereocenters. The van der Waals surface area contributed by atoms with E-state index in [-0.39, 0.29) is 23.1 Å². The highest BCUT2D eigenvalue weighted by Gasteiger charge is 2.22. The van der Waals surface area contributed by atoms with Gasteiger partial charge in [0.25, 0.3) is 11.8 Å². The summed E-state index contributed by atoms with van der Waals surface area (Å²) in [6.45, 7) is 1.82. The third kappa shape index (κ3) is 4.50. The molecule has 2 amide bonds. The zero-order valence-electron chi connectivity index (χ0n) is 18.2. The van der Waals surface area contributed by atoms with Gasteiger partial charge < -0.3 is 24.5 Å². The van der Waals surface area contributed by atoms with Crippen molar-refractivity contribution < 1.29 is 27.9 Å². The Balaban J connectivity index is 1.61. The van der Waals surface area contributed by atoms with E-state index >= 15 is 0 Å². The van der Waals surface area contributed by atoms with Crippen molar-refractivity contribution in [2.24, 2.45) is 0 Å². The number of carbonyl (C=O) groups is 2. The minimum absolute atomic E-state index is 0.0637. The first kappa shape index (κ1) is 21.9. The van der Waals surface area contributed by atoms with Crippen LogP contribution in [-0.4, -0.2) is 26.0 Å². The Bertz CT molecular complexity index is 1360. The third-order valence-electron chi connectivity index (χ3n) is 5.07. The lowest BCUT2D eigenvalue weighted by molar-refractivity contribution is 0.0992. The van der Waals surface area contributed by atoms with Crippen LogP contribution in [0, 0.1) is 12.7 Å². The minimum Gasteiger partial charge on any atom is -0.497 e. The Morgan fingerprint density at radius 1 is 0.879 bits per heavy atom. The lowest BCUT2D eigenvalue weighted by Crippen LogP contribution is -2.13. The van der Waals surface area contributed by atoms with E-state index in [4.69, 9.17) is 13.9 Å². The molecule has 0 aliphatic rings. The summed E-state index contributed by atoms with van der Waals surface area (Å²) in [7, 11) is 2.98. The fourth-order valence-electron chi connectivity index (χ4n) is 3.48. The number of amides is 2. The van der Waals surface area contributed by atoms with Crippen molar-refractivity contribution in [2.45, 2.75) is 6.92 Å². The molecule has 0 spiro atoms. The predicted octanol–water partition coefficient (Wildman–Crippen LogP) is 5.40. The highest BCUT2D eigenvalue weighted by atomic mass is 19.1. The molecule has 1 aromatic heterocycles. The van der Waals surface area contributed by atoms with Crippen LogP contribution in [0.25, 0.3) is 11.0 Å². The Morgan fingerprint density at radius 3 is 2.33 bits per heavy atom. The largest absolute Gasteiger partial charge is 0.497 e. The monoisotopic (exact) mass is 448 g/mol. The summed E-state index contributed by atoms with van der Waals surface area (Å²) in [5.74, 6) is -0.550. The second kappa shape index (κ2) is 9.04. The van der Waals surface area contributed by atoms with Gasteiger partial charge in [-0.1, -0.05) is 6.07 Å². The molecular formula is C25H21FN2O5. The molecule has 0 radical (unpaired) electrons. The third-order valence-corrected chi connectivity index (χ3v) is 5.07. The maximum atomic E-state index is 13.4. The van der Waals surface area contributed by atoms with Crippen LogP contribution in [0.15, 0.2) is 65.1 Å². The number of furan rings is 1. The summed E-state index contributed by atoms with van der Waals surface area (Å²) in [6.07, 6.45) is 0. The minimum atomic E-state index is -0.590. The van der Waals surface area contributed by atoms with E-state index in [1.807, 2.05) is 6.92 Å². The summed E-state index contributed by atoms with van der Waals surface area (Å²) >= 11 is 0. The normalized spacial score (nSPS) is 10.7. The number of aryl methyl sites for hydroxylation is 1. The van der Waals surface area contributed by atoms with E-state index in [9.17, 15) is 14.0 Å². The van der Waals surface area contributed by atoms with Crippen LogP contribution in [0.1, 0.15) is 26.5 Å². The van der Waals surface area contributed by atoms with Gasteiger partial charge in [0.2, 0.25) is 5.76 Å². The average Bonchev–Trinajstić information content (AvgIpc) is 3.17. The van der Waals surface area contributed by atoms with E-state index in [2.05, 4.69) is 10.6 Å². The maximum Gasteiger partial charge on any atom is 0.295 e. The molecule has 0 fully saturated rings. The molecule has 0 bridgehead atoms. The Hall–Kier alpha value is -4.33. The van der Waals surface area contributed by atoms with Gasteiger partial charge in [0, 0.05) is 16.9 Å². The number of fused-ring (bicyclic) bond motifs is 1. The first-order valence-electron chi connectivity index (χ1n) is 10.0. The number of benzene rings is 3. The molecule has 33 heavy (non-hydrogen) atoms. The van der Waals surface area contributed by atoms with Crippen LogP contribution in [0.2, 0.25) is 0 Å². The van der Waals surface area contributed by atoms with Gasteiger partial charge in [-0.25, -0.2) is 4.39 Å². The summed E-state index contributed by atoms with van der Waals surface area (Å²) < 4.78 is 29.7. The molecule has 1 heterocycles. The van der Waals surface area contributed by atoms with Gasteiger partial charge in [-0.2, -0.15) is 0 Å². The number of hydrogen-bond acceptors (Lipinski definition) is 5. The van der Waals surface area contributed by atoms with Crippen LogP contribution in [0.4, 0.5) is 15.8 Å². The zero-order valence-corrected chi connectivity index (χ0v) is 18.2.